The van der Waals surface area contributed by atoms with E-state index in [9.17, 15) is 0 Å². The molecule has 0 saturated carbocycles. The third-order valence-corrected chi connectivity index (χ3v) is 6.24. The predicted molar refractivity (Wildman–Crippen MR) is 98.1 cm³/mol. The van der Waals surface area contributed by atoms with E-state index in [4.69, 9.17) is 4.98 Å². The van der Waals surface area contributed by atoms with Crippen LogP contribution in [-0.4, -0.2) is 52.5 Å². The van der Waals surface area contributed by atoms with Gasteiger partial charge in [0.2, 0.25) is 0 Å². The number of pyridine rings is 1. The highest BCUT2D eigenvalue weighted by molar-refractivity contribution is 7.13. The second-order valence-corrected chi connectivity index (χ2v) is 7.72. The van der Waals surface area contributed by atoms with Gasteiger partial charge in [-0.25, -0.2) is 4.98 Å². The molecule has 3 fully saturated rings. The Balaban J connectivity index is 1.54. The highest BCUT2D eigenvalue weighted by atomic mass is 32.1. The Morgan fingerprint density at radius 1 is 1.33 bits per heavy atom. The van der Waals surface area contributed by atoms with E-state index in [-0.39, 0.29) is 0 Å². The van der Waals surface area contributed by atoms with Crippen molar-refractivity contribution < 1.29 is 0 Å². The molecule has 1 atom stereocenters. The molecule has 0 spiro atoms. The topological polar surface area (TPSA) is 44.3 Å². The van der Waals surface area contributed by atoms with Crippen LogP contribution in [0.25, 0.3) is 0 Å². The number of aromatic nitrogens is 2. The van der Waals surface area contributed by atoms with E-state index in [1.807, 2.05) is 25.5 Å². The minimum Gasteiger partial charge on any atom is -0.365 e. The summed E-state index contributed by atoms with van der Waals surface area (Å²) in [6.45, 7) is 5.64. The van der Waals surface area contributed by atoms with Gasteiger partial charge in [0.05, 0.1) is 5.69 Å². The normalized spacial score (nSPS) is 26.0. The highest BCUT2D eigenvalue weighted by Crippen LogP contribution is 2.32. The van der Waals surface area contributed by atoms with E-state index in [2.05, 4.69) is 31.5 Å². The minimum absolute atomic E-state index is 0.632. The molecular formula is C18H25N5S. The number of rotatable bonds is 6. The first-order valence-electron chi connectivity index (χ1n) is 8.79. The Morgan fingerprint density at radius 2 is 2.21 bits per heavy atom. The minimum atomic E-state index is 0.632. The van der Waals surface area contributed by atoms with Crippen molar-refractivity contribution in [1.29, 1.82) is 0 Å². The van der Waals surface area contributed by atoms with Crippen LogP contribution >= 0.6 is 11.3 Å². The summed E-state index contributed by atoms with van der Waals surface area (Å²) in [4.78, 5) is 14.3. The first kappa shape index (κ1) is 16.0. The first-order chi connectivity index (χ1) is 11.8. The molecule has 0 aliphatic carbocycles. The van der Waals surface area contributed by atoms with Gasteiger partial charge < -0.3 is 10.2 Å². The van der Waals surface area contributed by atoms with Gasteiger partial charge in [0.25, 0.3) is 0 Å². The van der Waals surface area contributed by atoms with Gasteiger partial charge >= 0.3 is 0 Å². The van der Waals surface area contributed by atoms with Crippen LogP contribution in [0.4, 0.5) is 5.13 Å². The van der Waals surface area contributed by atoms with Gasteiger partial charge in [-0.3, -0.25) is 9.88 Å². The van der Waals surface area contributed by atoms with Crippen LogP contribution in [0.3, 0.4) is 0 Å². The molecule has 5 nitrogen and oxygen atoms in total. The zero-order valence-electron chi connectivity index (χ0n) is 14.2. The number of anilines is 1. The van der Waals surface area contributed by atoms with Crippen molar-refractivity contribution in [2.45, 2.75) is 32.0 Å². The molecular weight excluding hydrogens is 318 g/mol. The van der Waals surface area contributed by atoms with Gasteiger partial charge in [-0.1, -0.05) is 6.07 Å². The lowest BCUT2D eigenvalue weighted by molar-refractivity contribution is -0.00307. The molecule has 0 aromatic carbocycles. The van der Waals surface area contributed by atoms with Crippen molar-refractivity contribution in [3.8, 4) is 0 Å². The van der Waals surface area contributed by atoms with Crippen LogP contribution in [0.1, 0.15) is 24.1 Å². The monoisotopic (exact) mass is 343 g/mol. The van der Waals surface area contributed by atoms with Gasteiger partial charge in [0.1, 0.15) is 0 Å². The molecule has 3 saturated heterocycles. The lowest BCUT2D eigenvalue weighted by Crippen LogP contribution is -2.56. The van der Waals surface area contributed by atoms with E-state index in [0.717, 1.165) is 24.1 Å². The summed E-state index contributed by atoms with van der Waals surface area (Å²) in [6.07, 6.45) is 6.52. The van der Waals surface area contributed by atoms with Crippen molar-refractivity contribution in [3.05, 3.63) is 41.2 Å². The Hall–Kier alpha value is -1.50. The number of hydrogen-bond acceptors (Lipinski definition) is 6. The molecule has 3 aliphatic heterocycles. The summed E-state index contributed by atoms with van der Waals surface area (Å²) in [5.41, 5.74) is 2.46. The summed E-state index contributed by atoms with van der Waals surface area (Å²) >= 11 is 1.69. The number of nitrogens with one attached hydrogen (secondary N) is 1. The number of thiazole rings is 1. The molecule has 5 heterocycles. The fraction of sp³-hybridized carbons (Fsp3) is 0.556. The number of hydrogen-bond donors (Lipinski definition) is 1. The quantitative estimate of drug-likeness (QED) is 0.874. The van der Waals surface area contributed by atoms with Crippen molar-refractivity contribution in [3.63, 3.8) is 0 Å². The zero-order valence-corrected chi connectivity index (χ0v) is 15.0. The van der Waals surface area contributed by atoms with Crippen LogP contribution < -0.4 is 5.32 Å². The predicted octanol–water partition coefficient (Wildman–Crippen LogP) is 2.68. The SMILES string of the molecule is CNc1nc(CN(Cc2cccnc2)[C@H]2CN3CCC2CC3)cs1. The maximum absolute atomic E-state index is 4.70. The summed E-state index contributed by atoms with van der Waals surface area (Å²) in [5, 5.41) is 6.33. The van der Waals surface area contributed by atoms with Crippen molar-refractivity contribution in [2.75, 3.05) is 32.0 Å². The second kappa shape index (κ2) is 7.17. The summed E-state index contributed by atoms with van der Waals surface area (Å²) < 4.78 is 0. The van der Waals surface area contributed by atoms with Gasteiger partial charge in [-0.2, -0.15) is 0 Å². The molecule has 5 rings (SSSR count). The molecule has 1 N–H and O–H groups in total. The zero-order chi connectivity index (χ0) is 16.4. The summed E-state index contributed by atoms with van der Waals surface area (Å²) in [5.74, 6) is 0.828. The van der Waals surface area contributed by atoms with Gasteiger partial charge in [-0.15, -0.1) is 11.3 Å². The molecule has 2 aromatic heterocycles. The largest absolute Gasteiger partial charge is 0.365 e. The van der Waals surface area contributed by atoms with Crippen LogP contribution in [-0.2, 0) is 13.1 Å². The van der Waals surface area contributed by atoms with Crippen molar-refractivity contribution in [2.24, 2.45) is 5.92 Å². The molecule has 128 valence electrons. The van der Waals surface area contributed by atoms with Gasteiger partial charge in [0, 0.05) is 50.5 Å². The Morgan fingerprint density at radius 3 is 2.83 bits per heavy atom. The van der Waals surface area contributed by atoms with E-state index in [1.165, 1.54) is 43.7 Å². The fourth-order valence-electron chi connectivity index (χ4n) is 4.07. The fourth-order valence-corrected chi connectivity index (χ4v) is 4.73. The van der Waals surface area contributed by atoms with Gasteiger partial charge in [0.15, 0.2) is 5.13 Å². The molecule has 2 bridgehead atoms. The maximum Gasteiger partial charge on any atom is 0.182 e. The third kappa shape index (κ3) is 3.45. The average Bonchev–Trinajstić information content (AvgIpc) is 3.11. The average molecular weight is 344 g/mol. The standard InChI is InChI=1S/C18H25N5S/c1-19-18-21-16(13-24-18)11-23(10-14-3-2-6-20-9-14)17-12-22-7-4-15(17)5-8-22/h2-3,6,9,13,15,17H,4-5,7-8,10-12H2,1H3,(H,19,21)/t17-/m0/s1. The Labute approximate surface area is 147 Å². The van der Waals surface area contributed by atoms with E-state index >= 15 is 0 Å². The lowest BCUT2D eigenvalue weighted by atomic mass is 9.83. The van der Waals surface area contributed by atoms with E-state index in [1.54, 1.807) is 11.3 Å². The lowest BCUT2D eigenvalue weighted by Gasteiger charge is -2.49. The maximum atomic E-state index is 4.70. The van der Waals surface area contributed by atoms with Crippen LogP contribution in [0.5, 0.6) is 0 Å². The van der Waals surface area contributed by atoms with Gasteiger partial charge in [-0.05, 0) is 43.5 Å². The van der Waals surface area contributed by atoms with E-state index < -0.39 is 0 Å². The second-order valence-electron chi connectivity index (χ2n) is 6.87. The number of nitrogens with zero attached hydrogens (tertiary/aromatic N) is 4. The summed E-state index contributed by atoms with van der Waals surface area (Å²) in [6, 6.07) is 4.85. The Bertz CT molecular complexity index is 650. The molecule has 6 heteroatoms. The van der Waals surface area contributed by atoms with E-state index in [0.29, 0.717) is 6.04 Å². The number of piperidine rings is 3. The van der Waals surface area contributed by atoms with Crippen LogP contribution in [0.15, 0.2) is 29.9 Å². The first-order valence-corrected chi connectivity index (χ1v) is 9.67. The number of fused-ring (bicyclic) bond motifs is 3. The third-order valence-electron chi connectivity index (χ3n) is 5.33. The molecule has 0 unspecified atom stereocenters. The van der Waals surface area contributed by atoms with Crippen molar-refractivity contribution >= 4 is 16.5 Å². The molecule has 3 aliphatic rings. The molecule has 24 heavy (non-hydrogen) atoms. The summed E-state index contributed by atoms with van der Waals surface area (Å²) in [7, 11) is 1.93. The molecule has 0 radical (unpaired) electrons. The molecule has 0 amide bonds. The highest BCUT2D eigenvalue weighted by Gasteiger charge is 2.37. The smallest absolute Gasteiger partial charge is 0.182 e. The Kier molecular flexibility index (Phi) is 4.78. The van der Waals surface area contributed by atoms with Crippen LogP contribution in [0.2, 0.25) is 0 Å². The van der Waals surface area contributed by atoms with Crippen LogP contribution in [0, 0.1) is 5.92 Å². The molecule has 2 aromatic rings. The van der Waals surface area contributed by atoms with Crippen molar-refractivity contribution in [1.82, 2.24) is 19.8 Å².